The number of carbonyl (C=O) groups is 1. The highest BCUT2D eigenvalue weighted by atomic mass is 32.2. The summed E-state index contributed by atoms with van der Waals surface area (Å²) in [6.45, 7) is 4.73. The van der Waals surface area contributed by atoms with E-state index in [1.54, 1.807) is 48.5 Å². The molecule has 0 unspecified atom stereocenters. The van der Waals surface area contributed by atoms with Crippen molar-refractivity contribution in [2.75, 3.05) is 23.3 Å². The van der Waals surface area contributed by atoms with E-state index in [-0.39, 0.29) is 15.9 Å². The number of hydrogen-bond acceptors (Lipinski definition) is 5. The molecule has 3 aromatic rings. The summed E-state index contributed by atoms with van der Waals surface area (Å²) in [5.74, 6) is 0.600. The number of sulfonamides is 1. The van der Waals surface area contributed by atoms with Crippen LogP contribution in [-0.2, 0) is 10.0 Å². The van der Waals surface area contributed by atoms with Gasteiger partial charge in [0.05, 0.1) is 22.8 Å². The zero-order valence-corrected chi connectivity index (χ0v) is 22.4. The van der Waals surface area contributed by atoms with Crippen molar-refractivity contribution < 1.29 is 17.9 Å². The number of anilines is 2. The molecule has 0 saturated carbocycles. The topological polar surface area (TPSA) is 87.7 Å². The molecule has 0 aromatic heterocycles. The van der Waals surface area contributed by atoms with Gasteiger partial charge < -0.3 is 10.1 Å². The molecule has 0 atom stereocenters. The van der Waals surface area contributed by atoms with Crippen molar-refractivity contribution in [3.63, 3.8) is 0 Å². The Labute approximate surface area is 219 Å². The van der Waals surface area contributed by atoms with Gasteiger partial charge in [-0.15, -0.1) is 0 Å². The smallest absolute Gasteiger partial charge is 0.264 e. The fraction of sp³-hybridized carbons (Fsp3) is 0.231. The Morgan fingerprint density at radius 1 is 1.06 bits per heavy atom. The van der Waals surface area contributed by atoms with Crippen LogP contribution in [0.4, 0.5) is 11.4 Å². The summed E-state index contributed by atoms with van der Waals surface area (Å²) >= 11 is 5.31. The minimum Gasteiger partial charge on any atom is -0.493 e. The van der Waals surface area contributed by atoms with E-state index in [2.05, 4.69) is 24.5 Å². The normalized spacial score (nSPS) is 11.1. The van der Waals surface area contributed by atoms with Crippen LogP contribution in [0.25, 0.3) is 0 Å². The second-order valence-corrected chi connectivity index (χ2v) is 11.1. The number of hydrogen-bond donors (Lipinski definition) is 2. The van der Waals surface area contributed by atoms with E-state index in [0.29, 0.717) is 35.2 Å². The van der Waals surface area contributed by atoms with Gasteiger partial charge in [0, 0.05) is 12.7 Å². The number of thiocarbonyl (C=S) groups is 1. The zero-order valence-electron chi connectivity index (χ0n) is 20.8. The van der Waals surface area contributed by atoms with Crippen molar-refractivity contribution in [2.45, 2.75) is 25.2 Å². The molecule has 0 radical (unpaired) electrons. The highest BCUT2D eigenvalue weighted by molar-refractivity contribution is 7.92. The van der Waals surface area contributed by atoms with Gasteiger partial charge in [-0.25, -0.2) is 8.42 Å². The third-order valence-corrected chi connectivity index (χ3v) is 7.45. The van der Waals surface area contributed by atoms with Gasteiger partial charge in [-0.1, -0.05) is 49.6 Å². The maximum atomic E-state index is 13.0. The van der Waals surface area contributed by atoms with Crippen LogP contribution in [0, 0.1) is 5.92 Å². The predicted molar refractivity (Wildman–Crippen MR) is 152 cm³/mol. The molecule has 3 aromatic carbocycles. The Bertz CT molecular complexity index is 1310. The Kier molecular flexibility index (Phi) is 9.11. The number of para-hydroxylation sites is 1. The van der Waals surface area contributed by atoms with Crippen molar-refractivity contribution in [2.24, 2.45) is 5.92 Å². The first-order chi connectivity index (χ1) is 17.1. The second kappa shape index (κ2) is 12.1. The summed E-state index contributed by atoms with van der Waals surface area (Å²) in [4.78, 5) is 13.0. The maximum Gasteiger partial charge on any atom is 0.264 e. The summed E-state index contributed by atoms with van der Waals surface area (Å²) in [6, 6.07) is 20.4. The highest BCUT2D eigenvalue weighted by Crippen LogP contribution is 2.23. The molecule has 0 aliphatic carbocycles. The van der Waals surface area contributed by atoms with Gasteiger partial charge in [0.1, 0.15) is 13.6 Å². The Hall–Kier alpha value is -3.37. The first-order valence-electron chi connectivity index (χ1n) is 11.6. The summed E-state index contributed by atoms with van der Waals surface area (Å²) < 4.78 is 33.0. The van der Waals surface area contributed by atoms with Crippen LogP contribution < -0.4 is 25.1 Å². The average Bonchev–Trinajstić information content (AvgIpc) is 2.85. The first kappa shape index (κ1) is 27.2. The Morgan fingerprint density at radius 3 is 2.36 bits per heavy atom. The van der Waals surface area contributed by atoms with E-state index in [1.807, 2.05) is 20.0 Å². The molecule has 1 amide bonds. The Balaban J connectivity index is 1.65. The van der Waals surface area contributed by atoms with Crippen LogP contribution >= 0.6 is 12.2 Å². The summed E-state index contributed by atoms with van der Waals surface area (Å²) in [5, 5.41) is 5.69. The quantitative estimate of drug-likeness (QED) is 0.331. The van der Waals surface area contributed by atoms with Gasteiger partial charge in [0.25, 0.3) is 15.9 Å². The number of benzene rings is 3. The largest absolute Gasteiger partial charge is 0.493 e. The van der Waals surface area contributed by atoms with E-state index < -0.39 is 10.0 Å². The summed E-state index contributed by atoms with van der Waals surface area (Å²) in [7, 11) is -0.319. The number of carbonyl (C=O) groups excluding carboxylic acids is 1. The van der Waals surface area contributed by atoms with E-state index in [1.165, 1.54) is 23.5 Å². The molecule has 7 nitrogen and oxygen atoms in total. The fourth-order valence-electron chi connectivity index (χ4n) is 3.33. The number of nitrogens with zero attached hydrogens (tertiary/aromatic N) is 1. The standard InChI is InChI=1S/C26H30BN3O4S2/c1-18(2)15-16-34-24-14-9-19(27)17-23(24)25(31)29-26(35)28-20-10-12-22(13-11-20)36(32,33)30(3)21-7-5-4-6-8-21/h4-14,17-18H,15-16,27H2,1-3H3,(H2,28,29,31,35). The van der Waals surface area contributed by atoms with Crippen LogP contribution in [0.3, 0.4) is 0 Å². The molecule has 188 valence electrons. The van der Waals surface area contributed by atoms with Crippen LogP contribution in [0.5, 0.6) is 5.75 Å². The molecule has 2 N–H and O–H groups in total. The SMILES string of the molecule is Bc1ccc(OCCC(C)C)c(C(=O)NC(=S)Nc2ccc(S(=O)(=O)N(C)c3ccccc3)cc2)c1. The molecule has 0 heterocycles. The van der Waals surface area contributed by atoms with Gasteiger partial charge >= 0.3 is 0 Å². The molecule has 0 fully saturated rings. The highest BCUT2D eigenvalue weighted by Gasteiger charge is 2.21. The van der Waals surface area contributed by atoms with Crippen LogP contribution in [0.1, 0.15) is 30.6 Å². The summed E-state index contributed by atoms with van der Waals surface area (Å²) in [6.07, 6.45) is 0.877. The minimum absolute atomic E-state index is 0.0895. The van der Waals surface area contributed by atoms with Gasteiger partial charge in [-0.3, -0.25) is 14.4 Å². The average molecular weight is 523 g/mol. The molecule has 10 heteroatoms. The number of amides is 1. The predicted octanol–water partition coefficient (Wildman–Crippen LogP) is 3.32. The van der Waals surface area contributed by atoms with Crippen LogP contribution in [0.2, 0.25) is 0 Å². The van der Waals surface area contributed by atoms with Crippen molar-refractivity contribution in [1.29, 1.82) is 0 Å². The fourth-order valence-corrected chi connectivity index (χ4v) is 4.74. The monoisotopic (exact) mass is 523 g/mol. The van der Waals surface area contributed by atoms with Crippen LogP contribution in [0.15, 0.2) is 77.7 Å². The van der Waals surface area contributed by atoms with E-state index in [4.69, 9.17) is 17.0 Å². The van der Waals surface area contributed by atoms with E-state index >= 15 is 0 Å². The molecule has 0 saturated heterocycles. The molecule has 0 aliphatic rings. The minimum atomic E-state index is -3.73. The molecule has 36 heavy (non-hydrogen) atoms. The maximum absolute atomic E-state index is 13.0. The van der Waals surface area contributed by atoms with Gasteiger partial charge in [-0.2, -0.15) is 0 Å². The van der Waals surface area contributed by atoms with Crippen molar-refractivity contribution in [3.8, 4) is 5.75 Å². The molecular weight excluding hydrogens is 493 g/mol. The van der Waals surface area contributed by atoms with E-state index in [0.717, 1.165) is 11.9 Å². The van der Waals surface area contributed by atoms with Crippen molar-refractivity contribution in [3.05, 3.63) is 78.4 Å². The van der Waals surface area contributed by atoms with Gasteiger partial charge in [-0.05, 0) is 67.0 Å². The number of nitrogens with one attached hydrogen (secondary N) is 2. The van der Waals surface area contributed by atoms with Gasteiger partial charge in [0.2, 0.25) is 0 Å². The lowest BCUT2D eigenvalue weighted by molar-refractivity contribution is 0.0973. The first-order valence-corrected chi connectivity index (χ1v) is 13.4. The van der Waals surface area contributed by atoms with Gasteiger partial charge in [0.15, 0.2) is 5.11 Å². The van der Waals surface area contributed by atoms with Crippen molar-refractivity contribution >= 4 is 57.9 Å². The van der Waals surface area contributed by atoms with E-state index in [9.17, 15) is 13.2 Å². The van der Waals surface area contributed by atoms with Crippen molar-refractivity contribution in [1.82, 2.24) is 5.32 Å². The number of ether oxygens (including phenoxy) is 1. The molecule has 0 spiro atoms. The zero-order chi connectivity index (χ0) is 26.3. The summed E-state index contributed by atoms with van der Waals surface area (Å²) in [5.41, 5.74) is 2.42. The second-order valence-electron chi connectivity index (χ2n) is 8.77. The number of rotatable bonds is 9. The van der Waals surface area contributed by atoms with Crippen LogP contribution in [-0.4, -0.2) is 40.9 Å². The molecular formula is C26H30BN3O4S2. The molecule has 0 bridgehead atoms. The lowest BCUT2D eigenvalue weighted by Gasteiger charge is -2.19. The lowest BCUT2D eigenvalue weighted by Crippen LogP contribution is -2.34. The third-order valence-electron chi connectivity index (χ3n) is 5.45. The molecule has 0 aliphatic heterocycles. The molecule has 3 rings (SSSR count). The lowest BCUT2D eigenvalue weighted by atomic mass is 9.94. The Morgan fingerprint density at radius 2 is 1.72 bits per heavy atom. The third kappa shape index (κ3) is 7.08.